The van der Waals surface area contributed by atoms with Crippen LogP contribution in [0, 0.1) is 5.92 Å². The van der Waals surface area contributed by atoms with Crippen LogP contribution in [0.1, 0.15) is 34.6 Å². The number of carbonyl (C=O) groups excluding carboxylic acids is 1. The number of nitrogens with zero attached hydrogens (tertiary/aromatic N) is 1. The van der Waals surface area contributed by atoms with E-state index in [1.165, 1.54) is 11.3 Å². The quantitative estimate of drug-likeness (QED) is 0.644. The van der Waals surface area contributed by atoms with Crippen molar-refractivity contribution in [2.24, 2.45) is 5.92 Å². The van der Waals surface area contributed by atoms with E-state index in [0.29, 0.717) is 11.3 Å². The second-order valence-corrected chi connectivity index (χ2v) is 7.08. The van der Waals surface area contributed by atoms with Crippen molar-refractivity contribution in [2.75, 3.05) is 6.61 Å². The first-order chi connectivity index (χ1) is 11.6. The lowest BCUT2D eigenvalue weighted by Crippen LogP contribution is -2.41. The molecule has 0 aliphatic heterocycles. The Kier molecular flexibility index (Phi) is 4.97. The number of H-pyrrole nitrogens is 1. The molecule has 0 fully saturated rings. The fraction of sp³-hybridized carbons (Fsp3) is 0.333. The molecule has 0 aliphatic rings. The van der Waals surface area contributed by atoms with Gasteiger partial charge >= 0.3 is 0 Å². The van der Waals surface area contributed by atoms with Crippen molar-refractivity contribution < 1.29 is 9.90 Å². The Bertz CT molecular complexity index is 838. The number of rotatable bonds is 6. The summed E-state index contributed by atoms with van der Waals surface area (Å²) in [5.74, 6) is 0.0640. The van der Waals surface area contributed by atoms with E-state index in [2.05, 4.69) is 15.3 Å². The van der Waals surface area contributed by atoms with Gasteiger partial charge in [-0.1, -0.05) is 13.8 Å². The molecule has 0 saturated heterocycles. The summed E-state index contributed by atoms with van der Waals surface area (Å²) in [6, 6.07) is 5.75. The average Bonchev–Trinajstić information content (AvgIpc) is 3.21. The van der Waals surface area contributed by atoms with Crippen LogP contribution in [-0.4, -0.2) is 33.6 Å². The van der Waals surface area contributed by atoms with Gasteiger partial charge in [0.2, 0.25) is 0 Å². The highest BCUT2D eigenvalue weighted by atomic mass is 32.1. The molecule has 3 aromatic rings. The number of nitrogens with one attached hydrogen (secondary N) is 2. The summed E-state index contributed by atoms with van der Waals surface area (Å²) in [6.45, 7) is 3.91. The van der Waals surface area contributed by atoms with Gasteiger partial charge in [-0.2, -0.15) is 0 Å². The minimum atomic E-state index is -0.232. The second kappa shape index (κ2) is 7.15. The lowest BCUT2D eigenvalue weighted by Gasteiger charge is -2.19. The Hall–Kier alpha value is -2.18. The van der Waals surface area contributed by atoms with Crippen LogP contribution in [0.3, 0.4) is 0 Å². The molecule has 1 atom stereocenters. The van der Waals surface area contributed by atoms with E-state index >= 15 is 0 Å². The summed E-state index contributed by atoms with van der Waals surface area (Å²) >= 11 is 1.43. The van der Waals surface area contributed by atoms with Crippen LogP contribution in [0.25, 0.3) is 11.0 Å². The van der Waals surface area contributed by atoms with Gasteiger partial charge in [-0.05, 0) is 47.0 Å². The molecular weight excluding hydrogens is 322 g/mol. The maximum absolute atomic E-state index is 12.6. The number of hydrogen-bond acceptors (Lipinski definition) is 4. The number of amides is 1. The van der Waals surface area contributed by atoms with Crippen molar-refractivity contribution in [1.82, 2.24) is 15.3 Å². The maximum Gasteiger partial charge on any atom is 0.261 e. The third kappa shape index (κ3) is 3.34. The van der Waals surface area contributed by atoms with E-state index in [1.54, 1.807) is 6.20 Å². The molecule has 0 unspecified atom stereocenters. The van der Waals surface area contributed by atoms with Crippen LogP contribution in [0.5, 0.6) is 0 Å². The Morgan fingerprint density at radius 3 is 2.92 bits per heavy atom. The third-order valence-corrected chi connectivity index (χ3v) is 5.16. The van der Waals surface area contributed by atoms with Gasteiger partial charge in [0.05, 0.1) is 17.5 Å². The summed E-state index contributed by atoms with van der Waals surface area (Å²) in [5.41, 5.74) is 2.98. The van der Waals surface area contributed by atoms with Crippen molar-refractivity contribution in [2.45, 2.75) is 26.3 Å². The average molecular weight is 343 g/mol. The highest BCUT2D eigenvalue weighted by Crippen LogP contribution is 2.24. The van der Waals surface area contributed by atoms with Gasteiger partial charge in [0.15, 0.2) is 0 Å². The standard InChI is InChI=1S/C18H21N3O2S/c1-11(2)15(10-22)21-18(23)16-13(5-8-24-16)9-12-3-6-19-17-14(12)4-7-20-17/h3-8,11,15,22H,9-10H2,1-2H3,(H,19,20)(H,21,23)/t15-/m1/s1. The monoisotopic (exact) mass is 343 g/mol. The fourth-order valence-electron chi connectivity index (χ4n) is 2.71. The topological polar surface area (TPSA) is 78.0 Å². The first kappa shape index (κ1) is 16.7. The number of aromatic amines is 1. The predicted molar refractivity (Wildman–Crippen MR) is 96.4 cm³/mol. The van der Waals surface area contributed by atoms with Crippen molar-refractivity contribution in [3.8, 4) is 0 Å². The number of hydrogen-bond donors (Lipinski definition) is 3. The number of pyridine rings is 1. The fourth-order valence-corrected chi connectivity index (χ4v) is 3.53. The largest absolute Gasteiger partial charge is 0.394 e. The zero-order chi connectivity index (χ0) is 17.1. The molecule has 0 aliphatic carbocycles. The zero-order valence-electron chi connectivity index (χ0n) is 13.7. The van der Waals surface area contributed by atoms with E-state index < -0.39 is 0 Å². The molecule has 0 spiro atoms. The van der Waals surface area contributed by atoms with E-state index in [1.807, 2.05) is 43.6 Å². The van der Waals surface area contributed by atoms with Crippen LogP contribution < -0.4 is 5.32 Å². The zero-order valence-corrected chi connectivity index (χ0v) is 14.6. The lowest BCUT2D eigenvalue weighted by atomic mass is 10.0. The van der Waals surface area contributed by atoms with Crippen molar-refractivity contribution >= 4 is 28.3 Å². The van der Waals surface area contributed by atoms with Crippen molar-refractivity contribution in [1.29, 1.82) is 0 Å². The molecule has 3 aromatic heterocycles. The number of aromatic nitrogens is 2. The molecular formula is C18H21N3O2S. The molecule has 24 heavy (non-hydrogen) atoms. The van der Waals surface area contributed by atoms with Crippen molar-refractivity contribution in [3.63, 3.8) is 0 Å². The minimum absolute atomic E-state index is 0.0571. The Morgan fingerprint density at radius 2 is 2.17 bits per heavy atom. The summed E-state index contributed by atoms with van der Waals surface area (Å²) in [7, 11) is 0. The number of carbonyl (C=O) groups is 1. The molecule has 3 rings (SSSR count). The van der Waals surface area contributed by atoms with E-state index in [-0.39, 0.29) is 24.5 Å². The van der Waals surface area contributed by atoms with Gasteiger partial charge < -0.3 is 15.4 Å². The predicted octanol–water partition coefficient (Wildman–Crippen LogP) is 2.96. The van der Waals surface area contributed by atoms with E-state index in [0.717, 1.165) is 22.2 Å². The molecule has 0 aromatic carbocycles. The summed E-state index contributed by atoms with van der Waals surface area (Å²) in [6.07, 6.45) is 4.33. The van der Waals surface area contributed by atoms with Gasteiger partial charge in [-0.3, -0.25) is 4.79 Å². The highest BCUT2D eigenvalue weighted by Gasteiger charge is 2.20. The van der Waals surface area contributed by atoms with Crippen LogP contribution in [0.15, 0.2) is 36.0 Å². The Balaban J connectivity index is 1.83. The number of thiophene rings is 1. The van der Waals surface area contributed by atoms with E-state index in [4.69, 9.17) is 0 Å². The molecule has 126 valence electrons. The van der Waals surface area contributed by atoms with Crippen LogP contribution in [0.4, 0.5) is 0 Å². The molecule has 6 heteroatoms. The number of fused-ring (bicyclic) bond motifs is 1. The smallest absolute Gasteiger partial charge is 0.261 e. The first-order valence-corrected chi connectivity index (χ1v) is 8.87. The van der Waals surface area contributed by atoms with E-state index in [9.17, 15) is 9.90 Å². The normalized spacial score (nSPS) is 12.7. The molecule has 0 saturated carbocycles. The first-order valence-electron chi connectivity index (χ1n) is 7.99. The lowest BCUT2D eigenvalue weighted by molar-refractivity contribution is 0.0900. The molecule has 3 heterocycles. The van der Waals surface area contributed by atoms with Crippen LogP contribution in [0.2, 0.25) is 0 Å². The van der Waals surface area contributed by atoms with Crippen LogP contribution >= 0.6 is 11.3 Å². The van der Waals surface area contributed by atoms with Gasteiger partial charge in [0, 0.05) is 17.8 Å². The molecule has 1 amide bonds. The van der Waals surface area contributed by atoms with Gasteiger partial charge in [-0.15, -0.1) is 11.3 Å². The maximum atomic E-state index is 12.6. The van der Waals surface area contributed by atoms with Gasteiger partial charge in [0.25, 0.3) is 5.91 Å². The molecule has 0 bridgehead atoms. The van der Waals surface area contributed by atoms with Gasteiger partial charge in [-0.25, -0.2) is 4.98 Å². The second-order valence-electron chi connectivity index (χ2n) is 6.17. The SMILES string of the molecule is CC(C)[C@@H](CO)NC(=O)c1sccc1Cc1ccnc2[nH]ccc12. The summed E-state index contributed by atoms with van der Waals surface area (Å²) < 4.78 is 0. The van der Waals surface area contributed by atoms with Crippen LogP contribution in [-0.2, 0) is 6.42 Å². The number of aliphatic hydroxyl groups excluding tert-OH is 1. The summed E-state index contributed by atoms with van der Waals surface area (Å²) in [5, 5.41) is 15.4. The summed E-state index contributed by atoms with van der Waals surface area (Å²) in [4.78, 5) is 20.7. The number of aliphatic hydroxyl groups is 1. The van der Waals surface area contributed by atoms with Gasteiger partial charge in [0.1, 0.15) is 5.65 Å². The molecule has 0 radical (unpaired) electrons. The Morgan fingerprint density at radius 1 is 1.33 bits per heavy atom. The molecule has 5 nitrogen and oxygen atoms in total. The molecule has 3 N–H and O–H groups in total. The minimum Gasteiger partial charge on any atom is -0.394 e. The Labute approximate surface area is 144 Å². The third-order valence-electron chi connectivity index (χ3n) is 4.20. The highest BCUT2D eigenvalue weighted by molar-refractivity contribution is 7.12. The van der Waals surface area contributed by atoms with Crippen molar-refractivity contribution in [3.05, 3.63) is 52.0 Å².